The van der Waals surface area contributed by atoms with Crippen molar-refractivity contribution >= 4 is 6.41 Å². The van der Waals surface area contributed by atoms with Crippen molar-refractivity contribution < 1.29 is 4.79 Å². The summed E-state index contributed by atoms with van der Waals surface area (Å²) in [6.45, 7) is 4.57. The number of carbonyl (C=O) groups is 1. The highest BCUT2D eigenvalue weighted by Gasteiger charge is 1.91. The topological polar surface area (TPSA) is 20.3 Å². The molecule has 1 radical (unpaired) electrons. The number of unbranched alkanes of at least 4 members (excludes halogenated alkanes) is 2. The third-order valence-corrected chi connectivity index (χ3v) is 1.64. The lowest BCUT2D eigenvalue weighted by molar-refractivity contribution is -0.117. The predicted octanol–water partition coefficient (Wildman–Crippen LogP) is 2.03. The Balaban J connectivity index is 3.10. The van der Waals surface area contributed by atoms with Crippen molar-refractivity contribution in [2.24, 2.45) is 0 Å². The number of rotatable bonds is 7. The van der Waals surface area contributed by atoms with Crippen LogP contribution in [-0.4, -0.2) is 24.9 Å². The largest absolute Gasteiger partial charge is 0.348 e. The molecule has 0 N–H and O–H groups in total. The van der Waals surface area contributed by atoms with E-state index in [-0.39, 0.29) is 0 Å². The molecule has 0 aliphatic rings. The first-order chi connectivity index (χ1) is 5.81. The van der Waals surface area contributed by atoms with Gasteiger partial charge in [-0.05, 0) is 32.6 Å². The van der Waals surface area contributed by atoms with Gasteiger partial charge in [0.15, 0.2) is 0 Å². The maximum absolute atomic E-state index is 10.2. The Hall–Kier alpha value is -0.790. The van der Waals surface area contributed by atoms with Gasteiger partial charge in [0.2, 0.25) is 6.41 Å². The summed E-state index contributed by atoms with van der Waals surface area (Å²) in [7, 11) is 1.80. The molecule has 0 heterocycles. The number of amides is 1. The Labute approximate surface area is 75.3 Å². The van der Waals surface area contributed by atoms with Gasteiger partial charge in [-0.25, -0.2) is 0 Å². The first-order valence-electron chi connectivity index (χ1n) is 4.41. The normalized spacial score (nSPS) is 10.5. The van der Waals surface area contributed by atoms with E-state index in [4.69, 9.17) is 0 Å². The highest BCUT2D eigenvalue weighted by Crippen LogP contribution is 1.97. The van der Waals surface area contributed by atoms with Gasteiger partial charge in [0.05, 0.1) is 0 Å². The van der Waals surface area contributed by atoms with Gasteiger partial charge in [-0.15, -0.1) is 0 Å². The summed E-state index contributed by atoms with van der Waals surface area (Å²) in [4.78, 5) is 11.8. The summed E-state index contributed by atoms with van der Waals surface area (Å²) in [6, 6.07) is 0. The third kappa shape index (κ3) is 7.32. The van der Waals surface area contributed by atoms with Gasteiger partial charge in [-0.2, -0.15) is 0 Å². The van der Waals surface area contributed by atoms with Crippen LogP contribution in [0.15, 0.2) is 12.2 Å². The number of carbonyl (C=O) groups excluding carboxylic acids is 1. The number of nitrogens with zero attached hydrogens (tertiary/aromatic N) is 1. The molecule has 2 heteroatoms. The zero-order valence-electron chi connectivity index (χ0n) is 7.83. The van der Waals surface area contributed by atoms with Crippen LogP contribution in [-0.2, 0) is 4.79 Å². The maximum Gasteiger partial charge on any atom is 0.209 e. The minimum absolute atomic E-state index is 0.863. The summed E-state index contributed by atoms with van der Waals surface area (Å²) in [5.41, 5.74) is 0. The molecule has 0 aromatic carbocycles. The molecule has 0 fully saturated rings. The van der Waals surface area contributed by atoms with Gasteiger partial charge >= 0.3 is 0 Å². The highest BCUT2D eigenvalue weighted by molar-refractivity contribution is 5.46. The second kappa shape index (κ2) is 8.31. The van der Waals surface area contributed by atoms with Crippen LogP contribution >= 0.6 is 0 Å². The Morgan fingerprint density at radius 1 is 1.33 bits per heavy atom. The summed E-state index contributed by atoms with van der Waals surface area (Å²) >= 11 is 0. The fourth-order valence-electron chi connectivity index (χ4n) is 0.912. The van der Waals surface area contributed by atoms with Gasteiger partial charge in [0, 0.05) is 13.6 Å². The molecule has 0 rings (SSSR count). The molecule has 0 atom stereocenters. The van der Waals surface area contributed by atoms with Gasteiger partial charge in [-0.3, -0.25) is 4.79 Å². The first kappa shape index (κ1) is 11.2. The molecule has 0 unspecified atom stereocenters. The molecule has 0 saturated heterocycles. The lowest BCUT2D eigenvalue weighted by atomic mass is 10.2. The standard InChI is InChI=1S/C10H18NO/c1-3-4-5-6-7-8-9-11(2)10-12/h4-5,10H,1,3,6-9H2,2H3. The number of hydrogen-bond acceptors (Lipinski definition) is 1. The molecule has 2 nitrogen and oxygen atoms in total. The average molecular weight is 168 g/mol. The molecule has 0 bridgehead atoms. The van der Waals surface area contributed by atoms with Crippen LogP contribution in [0.1, 0.15) is 25.7 Å². The van der Waals surface area contributed by atoms with Crippen molar-refractivity contribution in [2.75, 3.05) is 13.6 Å². The van der Waals surface area contributed by atoms with E-state index in [9.17, 15) is 4.79 Å². The van der Waals surface area contributed by atoms with Gasteiger partial charge < -0.3 is 4.90 Å². The molecule has 1 amide bonds. The van der Waals surface area contributed by atoms with Gasteiger partial charge in [0.25, 0.3) is 0 Å². The van der Waals surface area contributed by atoms with E-state index in [1.807, 2.05) is 0 Å². The van der Waals surface area contributed by atoms with Crippen LogP contribution < -0.4 is 0 Å². The van der Waals surface area contributed by atoms with Gasteiger partial charge in [-0.1, -0.05) is 12.2 Å². The smallest absolute Gasteiger partial charge is 0.209 e. The van der Waals surface area contributed by atoms with Crippen molar-refractivity contribution in [1.82, 2.24) is 4.90 Å². The predicted molar refractivity (Wildman–Crippen MR) is 51.7 cm³/mol. The third-order valence-electron chi connectivity index (χ3n) is 1.64. The van der Waals surface area contributed by atoms with E-state index in [0.717, 1.165) is 38.6 Å². The van der Waals surface area contributed by atoms with Crippen molar-refractivity contribution in [3.8, 4) is 0 Å². The Morgan fingerprint density at radius 3 is 2.67 bits per heavy atom. The fraction of sp³-hybridized carbons (Fsp3) is 0.600. The van der Waals surface area contributed by atoms with E-state index in [1.165, 1.54) is 0 Å². The Bertz CT molecular complexity index is 132. The van der Waals surface area contributed by atoms with Crippen LogP contribution in [0, 0.1) is 6.92 Å². The molecule has 0 aromatic rings. The van der Waals surface area contributed by atoms with E-state index in [1.54, 1.807) is 11.9 Å². The van der Waals surface area contributed by atoms with Crippen LogP contribution in [0.25, 0.3) is 0 Å². The molecule has 0 saturated carbocycles. The minimum atomic E-state index is 0.863. The maximum atomic E-state index is 10.2. The Kier molecular flexibility index (Phi) is 7.76. The molecular formula is C10H18NO. The second-order valence-corrected chi connectivity index (χ2v) is 2.84. The first-order valence-corrected chi connectivity index (χ1v) is 4.41. The molecule has 0 spiro atoms. The second-order valence-electron chi connectivity index (χ2n) is 2.84. The van der Waals surface area contributed by atoms with Crippen molar-refractivity contribution in [2.45, 2.75) is 25.7 Å². The quantitative estimate of drug-likeness (QED) is 0.323. The Morgan fingerprint density at radius 2 is 2.08 bits per heavy atom. The lowest BCUT2D eigenvalue weighted by Crippen LogP contribution is -2.16. The van der Waals surface area contributed by atoms with Crippen molar-refractivity contribution in [3.05, 3.63) is 19.1 Å². The summed E-state index contributed by atoms with van der Waals surface area (Å²) in [6.07, 6.45) is 9.28. The summed E-state index contributed by atoms with van der Waals surface area (Å²) in [5.74, 6) is 0. The molecule has 0 aromatic heterocycles. The zero-order valence-corrected chi connectivity index (χ0v) is 7.83. The minimum Gasteiger partial charge on any atom is -0.348 e. The van der Waals surface area contributed by atoms with E-state index in [2.05, 4.69) is 19.1 Å². The fourth-order valence-corrected chi connectivity index (χ4v) is 0.912. The molecule has 0 aliphatic heterocycles. The van der Waals surface area contributed by atoms with Crippen LogP contribution in [0.4, 0.5) is 0 Å². The van der Waals surface area contributed by atoms with Crippen LogP contribution in [0.5, 0.6) is 0 Å². The zero-order chi connectivity index (χ0) is 9.23. The SMILES string of the molecule is [CH2]CC=CCCCCN(C)C=O. The van der Waals surface area contributed by atoms with E-state index >= 15 is 0 Å². The summed E-state index contributed by atoms with van der Waals surface area (Å²) < 4.78 is 0. The molecule has 0 aliphatic carbocycles. The van der Waals surface area contributed by atoms with Crippen molar-refractivity contribution in [1.29, 1.82) is 0 Å². The highest BCUT2D eigenvalue weighted by atomic mass is 16.1. The molecule has 12 heavy (non-hydrogen) atoms. The van der Waals surface area contributed by atoms with E-state index < -0.39 is 0 Å². The lowest BCUT2D eigenvalue weighted by Gasteiger charge is -2.08. The van der Waals surface area contributed by atoms with Crippen molar-refractivity contribution in [3.63, 3.8) is 0 Å². The monoisotopic (exact) mass is 168 g/mol. The number of hydrogen-bond donors (Lipinski definition) is 0. The number of allylic oxidation sites excluding steroid dienone is 2. The van der Waals surface area contributed by atoms with Crippen LogP contribution in [0.3, 0.4) is 0 Å². The van der Waals surface area contributed by atoms with Gasteiger partial charge in [0.1, 0.15) is 0 Å². The average Bonchev–Trinajstić information content (AvgIpc) is 2.10. The molecule has 69 valence electrons. The molecular weight excluding hydrogens is 150 g/mol. The summed E-state index contributed by atoms with van der Waals surface area (Å²) in [5, 5.41) is 0. The van der Waals surface area contributed by atoms with Crippen LogP contribution in [0.2, 0.25) is 0 Å². The van der Waals surface area contributed by atoms with E-state index in [0.29, 0.717) is 0 Å².